The van der Waals surface area contributed by atoms with Gasteiger partial charge < -0.3 is 10.2 Å². The SMILES string of the molecule is CCN(C(=O)c1ccc(NC(=S)NC(=O)c2ccccc2Cl)cc1)c1ccccc1. The predicted octanol–water partition coefficient (Wildman–Crippen LogP) is 5.13. The first-order chi connectivity index (χ1) is 14.5. The van der Waals surface area contributed by atoms with Crippen LogP contribution in [0.3, 0.4) is 0 Å². The highest BCUT2D eigenvalue weighted by Gasteiger charge is 2.16. The number of benzene rings is 3. The summed E-state index contributed by atoms with van der Waals surface area (Å²) in [5.74, 6) is -0.490. The zero-order chi connectivity index (χ0) is 21.5. The van der Waals surface area contributed by atoms with Crippen molar-refractivity contribution in [1.82, 2.24) is 5.32 Å². The molecule has 0 saturated heterocycles. The fourth-order valence-corrected chi connectivity index (χ4v) is 3.31. The molecule has 7 heteroatoms. The molecule has 3 aromatic rings. The van der Waals surface area contributed by atoms with Crippen molar-refractivity contribution in [2.24, 2.45) is 0 Å². The van der Waals surface area contributed by atoms with E-state index in [-0.39, 0.29) is 11.0 Å². The highest BCUT2D eigenvalue weighted by Crippen LogP contribution is 2.18. The molecule has 5 nitrogen and oxygen atoms in total. The number of carbonyl (C=O) groups is 2. The van der Waals surface area contributed by atoms with Crippen molar-refractivity contribution in [3.8, 4) is 0 Å². The van der Waals surface area contributed by atoms with Crippen LogP contribution in [0.25, 0.3) is 0 Å². The van der Waals surface area contributed by atoms with Crippen LogP contribution >= 0.6 is 23.8 Å². The van der Waals surface area contributed by atoms with Crippen molar-refractivity contribution in [2.45, 2.75) is 6.92 Å². The van der Waals surface area contributed by atoms with E-state index < -0.39 is 5.91 Å². The topological polar surface area (TPSA) is 61.4 Å². The van der Waals surface area contributed by atoms with Gasteiger partial charge in [0.05, 0.1) is 10.6 Å². The molecule has 0 atom stereocenters. The van der Waals surface area contributed by atoms with Gasteiger partial charge in [0.15, 0.2) is 5.11 Å². The van der Waals surface area contributed by atoms with Crippen molar-refractivity contribution in [3.05, 3.63) is 95.0 Å². The minimum Gasteiger partial charge on any atom is -0.332 e. The molecule has 0 heterocycles. The number of thiocarbonyl (C=S) groups is 1. The Labute approximate surface area is 185 Å². The number of nitrogens with zero attached hydrogens (tertiary/aromatic N) is 1. The number of para-hydroxylation sites is 1. The van der Waals surface area contributed by atoms with Crippen molar-refractivity contribution in [1.29, 1.82) is 0 Å². The van der Waals surface area contributed by atoms with E-state index in [0.29, 0.717) is 28.4 Å². The van der Waals surface area contributed by atoms with E-state index in [1.807, 2.05) is 37.3 Å². The Kier molecular flexibility index (Phi) is 7.17. The number of rotatable bonds is 5. The van der Waals surface area contributed by atoms with Crippen molar-refractivity contribution in [3.63, 3.8) is 0 Å². The Hall–Kier alpha value is -3.22. The number of carbonyl (C=O) groups excluding carboxylic acids is 2. The van der Waals surface area contributed by atoms with Crippen LogP contribution in [0.1, 0.15) is 27.6 Å². The summed E-state index contributed by atoms with van der Waals surface area (Å²) < 4.78 is 0. The lowest BCUT2D eigenvalue weighted by molar-refractivity contribution is 0.0973. The summed E-state index contributed by atoms with van der Waals surface area (Å²) >= 11 is 11.2. The highest BCUT2D eigenvalue weighted by molar-refractivity contribution is 7.80. The molecule has 0 bridgehead atoms. The van der Waals surface area contributed by atoms with E-state index in [2.05, 4.69) is 10.6 Å². The quantitative estimate of drug-likeness (QED) is 0.543. The number of hydrogen-bond donors (Lipinski definition) is 2. The van der Waals surface area contributed by atoms with Crippen molar-refractivity contribution >= 4 is 52.1 Å². The molecule has 2 N–H and O–H groups in total. The van der Waals surface area contributed by atoms with E-state index in [0.717, 1.165) is 5.69 Å². The Morgan fingerprint density at radius 3 is 2.20 bits per heavy atom. The third-order valence-corrected chi connectivity index (χ3v) is 4.90. The smallest absolute Gasteiger partial charge is 0.258 e. The minimum atomic E-state index is -0.397. The Bertz CT molecular complexity index is 1060. The molecule has 0 saturated carbocycles. The second-order valence-corrected chi connectivity index (χ2v) is 7.17. The third kappa shape index (κ3) is 5.23. The summed E-state index contributed by atoms with van der Waals surface area (Å²) in [5, 5.41) is 6.01. The van der Waals surface area contributed by atoms with Gasteiger partial charge in [-0.2, -0.15) is 0 Å². The van der Waals surface area contributed by atoms with E-state index in [1.54, 1.807) is 53.4 Å². The zero-order valence-corrected chi connectivity index (χ0v) is 17.8. The van der Waals surface area contributed by atoms with Crippen LogP contribution in [0.5, 0.6) is 0 Å². The summed E-state index contributed by atoms with van der Waals surface area (Å²) in [6, 6.07) is 23.1. The fourth-order valence-electron chi connectivity index (χ4n) is 2.88. The standard InChI is InChI=1S/C23H20ClN3O2S/c1-2-27(18-8-4-3-5-9-18)22(29)16-12-14-17(15-13-16)25-23(30)26-21(28)19-10-6-7-11-20(19)24/h3-15H,2H2,1H3,(H2,25,26,28,30). The number of hydrogen-bond acceptors (Lipinski definition) is 3. The molecule has 0 spiro atoms. The van der Waals surface area contributed by atoms with Crippen LogP contribution in [-0.2, 0) is 0 Å². The van der Waals surface area contributed by atoms with Crippen LogP contribution in [-0.4, -0.2) is 23.5 Å². The van der Waals surface area contributed by atoms with Crippen molar-refractivity contribution < 1.29 is 9.59 Å². The average molecular weight is 438 g/mol. The van der Waals surface area contributed by atoms with Crippen LogP contribution in [0, 0.1) is 0 Å². The Morgan fingerprint density at radius 2 is 1.57 bits per heavy atom. The third-order valence-electron chi connectivity index (χ3n) is 4.36. The molecule has 0 aromatic heterocycles. The van der Waals surface area contributed by atoms with Gasteiger partial charge in [-0.25, -0.2) is 0 Å². The lowest BCUT2D eigenvalue weighted by Gasteiger charge is -2.21. The lowest BCUT2D eigenvalue weighted by atomic mass is 10.1. The minimum absolute atomic E-state index is 0.0927. The molecular formula is C23H20ClN3O2S. The molecule has 2 amide bonds. The Balaban J connectivity index is 1.64. The van der Waals surface area contributed by atoms with Gasteiger partial charge in [0.1, 0.15) is 0 Å². The van der Waals surface area contributed by atoms with E-state index in [9.17, 15) is 9.59 Å². The summed E-state index contributed by atoms with van der Waals surface area (Å²) in [6.45, 7) is 2.49. The van der Waals surface area contributed by atoms with Gasteiger partial charge >= 0.3 is 0 Å². The normalized spacial score (nSPS) is 10.2. The van der Waals surface area contributed by atoms with Crippen molar-refractivity contribution in [2.75, 3.05) is 16.8 Å². The first kappa shape index (κ1) is 21.5. The molecule has 0 aliphatic rings. The predicted molar refractivity (Wildman–Crippen MR) is 125 cm³/mol. The second-order valence-electron chi connectivity index (χ2n) is 6.35. The summed E-state index contributed by atoms with van der Waals surface area (Å²) in [5.41, 5.74) is 2.39. The summed E-state index contributed by atoms with van der Waals surface area (Å²) in [6.07, 6.45) is 0. The molecule has 0 aliphatic carbocycles. The number of anilines is 2. The average Bonchev–Trinajstić information content (AvgIpc) is 2.75. The van der Waals surface area contributed by atoms with Crippen LogP contribution in [0.2, 0.25) is 5.02 Å². The van der Waals surface area contributed by atoms with E-state index >= 15 is 0 Å². The number of nitrogens with one attached hydrogen (secondary N) is 2. The number of amides is 2. The van der Waals surface area contributed by atoms with Gasteiger partial charge in [0.25, 0.3) is 11.8 Å². The molecule has 0 fully saturated rings. The van der Waals surface area contributed by atoms with Gasteiger partial charge in [-0.15, -0.1) is 0 Å². The lowest BCUT2D eigenvalue weighted by Crippen LogP contribution is -2.34. The van der Waals surface area contributed by atoms with Crippen LogP contribution in [0.15, 0.2) is 78.9 Å². The number of halogens is 1. The molecule has 0 unspecified atom stereocenters. The van der Waals surface area contributed by atoms with E-state index in [4.69, 9.17) is 23.8 Å². The maximum atomic E-state index is 12.9. The van der Waals surface area contributed by atoms with Crippen LogP contribution < -0.4 is 15.5 Å². The molecule has 152 valence electrons. The van der Waals surface area contributed by atoms with Gasteiger partial charge in [-0.1, -0.05) is 41.9 Å². The second kappa shape index (κ2) is 10.0. The largest absolute Gasteiger partial charge is 0.332 e. The van der Waals surface area contributed by atoms with Gasteiger partial charge in [-0.3, -0.25) is 14.9 Å². The first-order valence-electron chi connectivity index (χ1n) is 9.33. The highest BCUT2D eigenvalue weighted by atomic mass is 35.5. The van der Waals surface area contributed by atoms with Gasteiger partial charge in [0.2, 0.25) is 0 Å². The van der Waals surface area contributed by atoms with E-state index in [1.165, 1.54) is 0 Å². The maximum absolute atomic E-state index is 12.9. The summed E-state index contributed by atoms with van der Waals surface area (Å²) in [7, 11) is 0. The molecule has 30 heavy (non-hydrogen) atoms. The fraction of sp³-hybridized carbons (Fsp3) is 0.0870. The maximum Gasteiger partial charge on any atom is 0.258 e. The molecule has 0 radical (unpaired) electrons. The van der Waals surface area contributed by atoms with Gasteiger partial charge in [-0.05, 0) is 67.7 Å². The molecule has 3 rings (SSSR count). The monoisotopic (exact) mass is 437 g/mol. The zero-order valence-electron chi connectivity index (χ0n) is 16.3. The van der Waals surface area contributed by atoms with Crippen LogP contribution in [0.4, 0.5) is 11.4 Å². The summed E-state index contributed by atoms with van der Waals surface area (Å²) in [4.78, 5) is 26.8. The molecular weight excluding hydrogens is 418 g/mol. The first-order valence-corrected chi connectivity index (χ1v) is 10.1. The van der Waals surface area contributed by atoms with Gasteiger partial charge in [0, 0.05) is 23.5 Å². The molecule has 0 aliphatic heterocycles. The molecule has 3 aromatic carbocycles. The Morgan fingerprint density at radius 1 is 0.933 bits per heavy atom.